The van der Waals surface area contributed by atoms with Crippen LogP contribution in [0, 0.1) is 0 Å². The fraction of sp³-hybridized carbons (Fsp3) is 0.176. The molecule has 0 spiro atoms. The Bertz CT molecular complexity index is 660. The molecule has 0 fully saturated rings. The lowest BCUT2D eigenvalue weighted by atomic mass is 9.89. The van der Waals surface area contributed by atoms with Crippen molar-refractivity contribution in [3.05, 3.63) is 72.3 Å². The van der Waals surface area contributed by atoms with Crippen LogP contribution in [0.25, 0.3) is 11.1 Å². The third kappa shape index (κ3) is 3.01. The lowest BCUT2D eigenvalue weighted by molar-refractivity contribution is 0.723. The minimum absolute atomic E-state index is 0.294. The zero-order valence-corrected chi connectivity index (χ0v) is 11.7. The van der Waals surface area contributed by atoms with Crippen LogP contribution in [0.4, 0.5) is 0 Å². The first-order chi connectivity index (χ1) is 10.4. The summed E-state index contributed by atoms with van der Waals surface area (Å²) in [5, 5.41) is 6.82. The number of aromatic amines is 1. The van der Waals surface area contributed by atoms with Crippen LogP contribution < -0.4 is 5.73 Å². The highest BCUT2D eigenvalue weighted by Gasteiger charge is 2.13. The monoisotopic (exact) mass is 278 g/mol. The smallest absolute Gasteiger partial charge is 0.0565 e. The van der Waals surface area contributed by atoms with Gasteiger partial charge in [0, 0.05) is 30.1 Å². The van der Waals surface area contributed by atoms with Crippen LogP contribution >= 0.6 is 0 Å². The highest BCUT2D eigenvalue weighted by Crippen LogP contribution is 2.29. The molecule has 0 aliphatic heterocycles. The van der Waals surface area contributed by atoms with E-state index in [-0.39, 0.29) is 0 Å². The molecule has 0 aliphatic rings. The number of hydrogen-bond donors (Lipinski definition) is 2. The number of nitrogens with one attached hydrogen (secondary N) is 1. The van der Waals surface area contributed by atoms with E-state index in [9.17, 15) is 0 Å². The first kappa shape index (κ1) is 13.5. The maximum atomic E-state index is 5.78. The second kappa shape index (κ2) is 6.33. The number of H-pyrrole nitrogens is 1. The highest BCUT2D eigenvalue weighted by atomic mass is 15.1. The molecule has 0 bridgehead atoms. The summed E-state index contributed by atoms with van der Waals surface area (Å²) < 4.78 is 0. The summed E-state index contributed by atoms with van der Waals surface area (Å²) in [6.07, 6.45) is 8.35. The number of nitrogens with two attached hydrogens (primary N) is 1. The predicted molar refractivity (Wildman–Crippen MR) is 83.8 cm³/mol. The molecule has 1 atom stereocenters. The topological polar surface area (TPSA) is 67.6 Å². The molecule has 1 unspecified atom stereocenters. The average molecular weight is 278 g/mol. The first-order valence-corrected chi connectivity index (χ1v) is 7.07. The second-order valence-electron chi connectivity index (χ2n) is 5.03. The molecule has 0 saturated heterocycles. The minimum Gasteiger partial charge on any atom is -0.330 e. The Balaban J connectivity index is 1.90. The SMILES string of the molecule is NCCC(c1ccc(-c2cn[nH]c2)cc1)c1cccnc1. The van der Waals surface area contributed by atoms with Gasteiger partial charge in [-0.05, 0) is 35.7 Å². The Labute approximate surface area is 124 Å². The van der Waals surface area contributed by atoms with Gasteiger partial charge in [0.05, 0.1) is 6.20 Å². The molecule has 3 rings (SSSR count). The third-order valence-corrected chi connectivity index (χ3v) is 3.69. The van der Waals surface area contributed by atoms with Crippen LogP contribution in [0.3, 0.4) is 0 Å². The molecule has 0 aliphatic carbocycles. The van der Waals surface area contributed by atoms with Gasteiger partial charge < -0.3 is 5.73 Å². The van der Waals surface area contributed by atoms with E-state index in [0.29, 0.717) is 12.5 Å². The fourth-order valence-corrected chi connectivity index (χ4v) is 2.59. The molecule has 4 heteroatoms. The van der Waals surface area contributed by atoms with E-state index >= 15 is 0 Å². The van der Waals surface area contributed by atoms with Gasteiger partial charge in [-0.2, -0.15) is 5.10 Å². The van der Waals surface area contributed by atoms with Crippen molar-refractivity contribution in [2.75, 3.05) is 6.54 Å². The number of hydrogen-bond acceptors (Lipinski definition) is 3. The molecule has 0 saturated carbocycles. The molecule has 3 aromatic rings. The van der Waals surface area contributed by atoms with Gasteiger partial charge in [-0.25, -0.2) is 0 Å². The van der Waals surface area contributed by atoms with Crippen LogP contribution in [0.15, 0.2) is 61.2 Å². The van der Waals surface area contributed by atoms with Gasteiger partial charge >= 0.3 is 0 Å². The Morgan fingerprint density at radius 2 is 1.86 bits per heavy atom. The summed E-state index contributed by atoms with van der Waals surface area (Å²) >= 11 is 0. The summed E-state index contributed by atoms with van der Waals surface area (Å²) in [5.74, 6) is 0.294. The molecular weight excluding hydrogens is 260 g/mol. The van der Waals surface area contributed by atoms with Gasteiger partial charge in [-0.1, -0.05) is 30.3 Å². The van der Waals surface area contributed by atoms with E-state index < -0.39 is 0 Å². The van der Waals surface area contributed by atoms with E-state index in [4.69, 9.17) is 5.73 Å². The van der Waals surface area contributed by atoms with E-state index in [1.54, 1.807) is 6.20 Å². The van der Waals surface area contributed by atoms with Gasteiger partial charge in [0.15, 0.2) is 0 Å². The van der Waals surface area contributed by atoms with Gasteiger partial charge in [-0.3, -0.25) is 10.1 Å². The van der Waals surface area contributed by atoms with Crippen molar-refractivity contribution in [2.24, 2.45) is 5.73 Å². The first-order valence-electron chi connectivity index (χ1n) is 7.07. The fourth-order valence-electron chi connectivity index (χ4n) is 2.59. The van der Waals surface area contributed by atoms with Crippen LogP contribution in [-0.2, 0) is 0 Å². The largest absolute Gasteiger partial charge is 0.330 e. The van der Waals surface area contributed by atoms with Crippen LogP contribution in [0.5, 0.6) is 0 Å². The summed E-state index contributed by atoms with van der Waals surface area (Å²) in [6, 6.07) is 12.7. The molecule has 1 aromatic carbocycles. The number of benzene rings is 1. The number of aromatic nitrogens is 3. The summed E-state index contributed by atoms with van der Waals surface area (Å²) in [4.78, 5) is 4.22. The Kier molecular flexibility index (Phi) is 4.07. The Morgan fingerprint density at radius 3 is 2.48 bits per heavy atom. The molecule has 4 nitrogen and oxygen atoms in total. The van der Waals surface area contributed by atoms with E-state index in [0.717, 1.165) is 17.5 Å². The van der Waals surface area contributed by atoms with Crippen molar-refractivity contribution in [2.45, 2.75) is 12.3 Å². The van der Waals surface area contributed by atoms with Crippen molar-refractivity contribution in [1.29, 1.82) is 0 Å². The van der Waals surface area contributed by atoms with E-state index in [2.05, 4.69) is 45.5 Å². The molecular formula is C17H18N4. The summed E-state index contributed by atoms with van der Waals surface area (Å²) in [7, 11) is 0. The van der Waals surface area contributed by atoms with Gasteiger partial charge in [-0.15, -0.1) is 0 Å². The van der Waals surface area contributed by atoms with Crippen molar-refractivity contribution in [3.8, 4) is 11.1 Å². The lowest BCUT2D eigenvalue weighted by Crippen LogP contribution is -2.09. The zero-order valence-electron chi connectivity index (χ0n) is 11.7. The van der Waals surface area contributed by atoms with Crippen LogP contribution in [0.1, 0.15) is 23.5 Å². The molecule has 0 amide bonds. The molecule has 2 heterocycles. The Morgan fingerprint density at radius 1 is 1.00 bits per heavy atom. The van der Waals surface area contributed by atoms with E-state index in [1.807, 2.05) is 24.7 Å². The van der Waals surface area contributed by atoms with Gasteiger partial charge in [0.25, 0.3) is 0 Å². The number of nitrogens with zero attached hydrogens (tertiary/aromatic N) is 2. The maximum Gasteiger partial charge on any atom is 0.0565 e. The number of pyridine rings is 1. The average Bonchev–Trinajstić information content (AvgIpc) is 3.08. The third-order valence-electron chi connectivity index (χ3n) is 3.69. The van der Waals surface area contributed by atoms with Crippen LogP contribution in [0.2, 0.25) is 0 Å². The summed E-state index contributed by atoms with van der Waals surface area (Å²) in [5.41, 5.74) is 10.5. The molecule has 0 radical (unpaired) electrons. The summed E-state index contributed by atoms with van der Waals surface area (Å²) in [6.45, 7) is 0.656. The standard InChI is InChI=1S/C17H18N4/c18-8-7-17(15-2-1-9-19-10-15)14-5-3-13(4-6-14)16-11-20-21-12-16/h1-6,9-12,17H,7-8,18H2,(H,20,21). The van der Waals surface area contributed by atoms with Crippen molar-refractivity contribution < 1.29 is 0 Å². The minimum atomic E-state index is 0.294. The predicted octanol–water partition coefficient (Wildman–Crippen LogP) is 2.95. The number of rotatable bonds is 5. The highest BCUT2D eigenvalue weighted by molar-refractivity contribution is 5.62. The molecule has 2 aromatic heterocycles. The molecule has 3 N–H and O–H groups in total. The second-order valence-corrected chi connectivity index (χ2v) is 5.03. The molecule has 21 heavy (non-hydrogen) atoms. The lowest BCUT2D eigenvalue weighted by Gasteiger charge is -2.17. The van der Waals surface area contributed by atoms with Gasteiger partial charge in [0.2, 0.25) is 0 Å². The van der Waals surface area contributed by atoms with Crippen LogP contribution in [-0.4, -0.2) is 21.7 Å². The Hall–Kier alpha value is -2.46. The normalized spacial score (nSPS) is 12.2. The zero-order chi connectivity index (χ0) is 14.5. The van der Waals surface area contributed by atoms with E-state index in [1.165, 1.54) is 11.1 Å². The quantitative estimate of drug-likeness (QED) is 0.754. The van der Waals surface area contributed by atoms with Crippen molar-refractivity contribution >= 4 is 0 Å². The van der Waals surface area contributed by atoms with Gasteiger partial charge in [0.1, 0.15) is 0 Å². The van der Waals surface area contributed by atoms with Crippen molar-refractivity contribution in [3.63, 3.8) is 0 Å². The molecule has 106 valence electrons. The van der Waals surface area contributed by atoms with Crippen molar-refractivity contribution in [1.82, 2.24) is 15.2 Å². The maximum absolute atomic E-state index is 5.78.